The molecule has 0 aliphatic carbocycles. The fraction of sp³-hybridized carbons (Fsp3) is 0.571. The van der Waals surface area contributed by atoms with E-state index < -0.39 is 0 Å². The standard InChI is InChI=1S/C14H23NO2/c1-10(2)14(3,15)9-11-6-7-12(16-4)13(8-11)17-5/h6-8,10H,9,15H2,1-5H3. The van der Waals surface area contributed by atoms with Crippen molar-refractivity contribution in [3.63, 3.8) is 0 Å². The zero-order valence-corrected chi connectivity index (χ0v) is 11.4. The molecule has 0 bridgehead atoms. The summed E-state index contributed by atoms with van der Waals surface area (Å²) >= 11 is 0. The lowest BCUT2D eigenvalue weighted by Gasteiger charge is -2.29. The molecule has 0 aromatic heterocycles. The Bertz CT molecular complexity index is 372. The molecule has 0 amide bonds. The first kappa shape index (κ1) is 13.8. The van der Waals surface area contributed by atoms with Crippen molar-refractivity contribution < 1.29 is 9.47 Å². The number of nitrogens with two attached hydrogens (primary N) is 1. The molecular weight excluding hydrogens is 214 g/mol. The molecule has 0 fully saturated rings. The van der Waals surface area contributed by atoms with Crippen molar-refractivity contribution in [3.05, 3.63) is 23.8 Å². The molecule has 0 aliphatic heterocycles. The fourth-order valence-electron chi connectivity index (χ4n) is 1.63. The van der Waals surface area contributed by atoms with Gasteiger partial charge in [0.15, 0.2) is 11.5 Å². The van der Waals surface area contributed by atoms with Gasteiger partial charge in [-0.3, -0.25) is 0 Å². The Balaban J connectivity index is 2.93. The van der Waals surface area contributed by atoms with Gasteiger partial charge in [0.2, 0.25) is 0 Å². The Hall–Kier alpha value is -1.22. The van der Waals surface area contributed by atoms with E-state index in [1.165, 1.54) is 5.56 Å². The highest BCUT2D eigenvalue weighted by Crippen LogP contribution is 2.29. The van der Waals surface area contributed by atoms with Gasteiger partial charge in [-0.1, -0.05) is 19.9 Å². The second kappa shape index (κ2) is 5.41. The van der Waals surface area contributed by atoms with E-state index in [4.69, 9.17) is 15.2 Å². The molecule has 0 aliphatic rings. The van der Waals surface area contributed by atoms with E-state index in [-0.39, 0.29) is 5.54 Å². The van der Waals surface area contributed by atoms with Gasteiger partial charge >= 0.3 is 0 Å². The Morgan fingerprint density at radius 1 is 1.18 bits per heavy atom. The summed E-state index contributed by atoms with van der Waals surface area (Å²) in [7, 11) is 3.28. The van der Waals surface area contributed by atoms with E-state index in [1.54, 1.807) is 14.2 Å². The summed E-state index contributed by atoms with van der Waals surface area (Å²) < 4.78 is 10.5. The van der Waals surface area contributed by atoms with E-state index in [1.807, 2.05) is 18.2 Å². The van der Waals surface area contributed by atoms with Crippen LogP contribution in [0, 0.1) is 5.92 Å². The third kappa shape index (κ3) is 3.37. The maximum Gasteiger partial charge on any atom is 0.160 e. The maximum absolute atomic E-state index is 6.28. The van der Waals surface area contributed by atoms with Gasteiger partial charge in [0.1, 0.15) is 0 Å². The molecule has 96 valence electrons. The fourth-order valence-corrected chi connectivity index (χ4v) is 1.63. The molecule has 0 saturated carbocycles. The average Bonchev–Trinajstić information content (AvgIpc) is 2.28. The number of hydrogen-bond donors (Lipinski definition) is 1. The minimum absolute atomic E-state index is 0.209. The van der Waals surface area contributed by atoms with Gasteiger partial charge in [0.25, 0.3) is 0 Å². The minimum Gasteiger partial charge on any atom is -0.493 e. The highest BCUT2D eigenvalue weighted by Gasteiger charge is 2.23. The highest BCUT2D eigenvalue weighted by molar-refractivity contribution is 5.43. The Morgan fingerprint density at radius 3 is 2.24 bits per heavy atom. The van der Waals surface area contributed by atoms with Crippen molar-refractivity contribution >= 4 is 0 Å². The van der Waals surface area contributed by atoms with Crippen molar-refractivity contribution in [2.45, 2.75) is 32.7 Å². The normalized spacial score (nSPS) is 14.5. The number of ether oxygens (including phenoxy) is 2. The van der Waals surface area contributed by atoms with Gasteiger partial charge in [-0.05, 0) is 37.0 Å². The quantitative estimate of drug-likeness (QED) is 0.856. The van der Waals surface area contributed by atoms with E-state index in [0.29, 0.717) is 5.92 Å². The first-order chi connectivity index (χ1) is 7.90. The van der Waals surface area contributed by atoms with Gasteiger partial charge < -0.3 is 15.2 Å². The lowest BCUT2D eigenvalue weighted by molar-refractivity contribution is 0.334. The lowest BCUT2D eigenvalue weighted by Crippen LogP contribution is -2.43. The van der Waals surface area contributed by atoms with Crippen LogP contribution >= 0.6 is 0 Å². The van der Waals surface area contributed by atoms with Crippen LogP contribution in [-0.2, 0) is 6.42 Å². The molecule has 1 aromatic rings. The third-order valence-corrected chi connectivity index (χ3v) is 3.35. The van der Waals surface area contributed by atoms with Crippen LogP contribution in [0.4, 0.5) is 0 Å². The monoisotopic (exact) mass is 237 g/mol. The third-order valence-electron chi connectivity index (χ3n) is 3.35. The van der Waals surface area contributed by atoms with E-state index >= 15 is 0 Å². The summed E-state index contributed by atoms with van der Waals surface area (Å²) in [5.74, 6) is 1.93. The molecule has 0 spiro atoms. The second-order valence-electron chi connectivity index (χ2n) is 5.03. The van der Waals surface area contributed by atoms with Gasteiger partial charge in [-0.25, -0.2) is 0 Å². The molecule has 1 aromatic carbocycles. The SMILES string of the molecule is COc1ccc(CC(C)(N)C(C)C)cc1OC. The van der Waals surface area contributed by atoms with Crippen LogP contribution in [0.15, 0.2) is 18.2 Å². The summed E-state index contributed by atoms with van der Waals surface area (Å²) in [5, 5.41) is 0. The van der Waals surface area contributed by atoms with Gasteiger partial charge in [-0.15, -0.1) is 0 Å². The van der Waals surface area contributed by atoms with E-state index in [2.05, 4.69) is 20.8 Å². The summed E-state index contributed by atoms with van der Waals surface area (Å²) in [6.45, 7) is 6.36. The number of methoxy groups -OCH3 is 2. The summed E-state index contributed by atoms with van der Waals surface area (Å²) in [5.41, 5.74) is 7.24. The molecule has 0 radical (unpaired) electrons. The van der Waals surface area contributed by atoms with Crippen molar-refractivity contribution in [2.75, 3.05) is 14.2 Å². The first-order valence-electron chi connectivity index (χ1n) is 5.90. The summed E-state index contributed by atoms with van der Waals surface area (Å²) in [6.07, 6.45) is 0.824. The lowest BCUT2D eigenvalue weighted by atomic mass is 9.83. The van der Waals surface area contributed by atoms with Crippen molar-refractivity contribution in [3.8, 4) is 11.5 Å². The van der Waals surface area contributed by atoms with Crippen LogP contribution in [0.3, 0.4) is 0 Å². The highest BCUT2D eigenvalue weighted by atomic mass is 16.5. The molecule has 2 N–H and O–H groups in total. The first-order valence-corrected chi connectivity index (χ1v) is 5.90. The van der Waals surface area contributed by atoms with Crippen molar-refractivity contribution in [2.24, 2.45) is 11.7 Å². The number of benzene rings is 1. The van der Waals surface area contributed by atoms with Crippen LogP contribution in [0.1, 0.15) is 26.3 Å². The zero-order chi connectivity index (χ0) is 13.1. The van der Waals surface area contributed by atoms with E-state index in [0.717, 1.165) is 17.9 Å². The molecular formula is C14H23NO2. The summed E-state index contributed by atoms with van der Waals surface area (Å²) in [4.78, 5) is 0. The van der Waals surface area contributed by atoms with Gasteiger partial charge in [0.05, 0.1) is 14.2 Å². The Morgan fingerprint density at radius 2 is 1.76 bits per heavy atom. The van der Waals surface area contributed by atoms with Crippen LogP contribution in [0.25, 0.3) is 0 Å². The second-order valence-corrected chi connectivity index (χ2v) is 5.03. The van der Waals surface area contributed by atoms with Crippen LogP contribution in [0.5, 0.6) is 11.5 Å². The largest absolute Gasteiger partial charge is 0.493 e. The van der Waals surface area contributed by atoms with Crippen LogP contribution in [-0.4, -0.2) is 19.8 Å². The van der Waals surface area contributed by atoms with Crippen LogP contribution < -0.4 is 15.2 Å². The number of hydrogen-bond acceptors (Lipinski definition) is 3. The van der Waals surface area contributed by atoms with Crippen molar-refractivity contribution in [1.29, 1.82) is 0 Å². The molecule has 1 rings (SSSR count). The molecule has 17 heavy (non-hydrogen) atoms. The summed E-state index contributed by atoms with van der Waals surface area (Å²) in [6, 6.07) is 5.95. The molecule has 0 heterocycles. The molecule has 1 unspecified atom stereocenters. The van der Waals surface area contributed by atoms with E-state index in [9.17, 15) is 0 Å². The van der Waals surface area contributed by atoms with Gasteiger partial charge in [-0.2, -0.15) is 0 Å². The topological polar surface area (TPSA) is 44.5 Å². The Kier molecular flexibility index (Phi) is 4.40. The predicted octanol–water partition coefficient (Wildman–Crippen LogP) is 2.62. The average molecular weight is 237 g/mol. The molecule has 0 saturated heterocycles. The van der Waals surface area contributed by atoms with Gasteiger partial charge in [0, 0.05) is 5.54 Å². The molecule has 3 heteroatoms. The minimum atomic E-state index is -0.209. The van der Waals surface area contributed by atoms with Crippen molar-refractivity contribution in [1.82, 2.24) is 0 Å². The smallest absolute Gasteiger partial charge is 0.160 e. The predicted molar refractivity (Wildman–Crippen MR) is 70.7 cm³/mol. The molecule has 3 nitrogen and oxygen atoms in total. The van der Waals surface area contributed by atoms with Crippen LogP contribution in [0.2, 0.25) is 0 Å². The molecule has 1 atom stereocenters. The Labute approximate surface area is 104 Å². The maximum atomic E-state index is 6.28. The zero-order valence-electron chi connectivity index (χ0n) is 11.4. The number of rotatable bonds is 5.